The van der Waals surface area contributed by atoms with Gasteiger partial charge in [-0.25, -0.2) is 4.79 Å². The summed E-state index contributed by atoms with van der Waals surface area (Å²) in [7, 11) is 2.16. The number of unbranched alkanes of at least 4 members (excludes halogenated alkanes) is 1. The number of hydrogen-bond acceptors (Lipinski definition) is 4. The molecule has 2 unspecified atom stereocenters. The second kappa shape index (κ2) is 9.95. The Morgan fingerprint density at radius 2 is 1.85 bits per heavy atom. The fourth-order valence-corrected chi connectivity index (χ4v) is 4.03. The van der Waals surface area contributed by atoms with Gasteiger partial charge in [-0.15, -0.1) is 12.4 Å². The molecule has 3 amide bonds. The van der Waals surface area contributed by atoms with Gasteiger partial charge in [0.25, 0.3) is 5.91 Å². The van der Waals surface area contributed by atoms with Crippen LogP contribution in [0.5, 0.6) is 5.75 Å². The van der Waals surface area contributed by atoms with Crippen molar-refractivity contribution in [1.29, 1.82) is 0 Å². The zero-order valence-electron chi connectivity index (χ0n) is 16.1. The van der Waals surface area contributed by atoms with E-state index in [9.17, 15) is 9.59 Å². The van der Waals surface area contributed by atoms with Crippen molar-refractivity contribution in [3.63, 3.8) is 0 Å². The van der Waals surface area contributed by atoms with E-state index in [1.54, 1.807) is 18.2 Å². The van der Waals surface area contributed by atoms with Gasteiger partial charge in [0, 0.05) is 18.1 Å². The van der Waals surface area contributed by atoms with E-state index in [0.29, 0.717) is 30.0 Å². The monoisotopic (exact) mass is 395 g/mol. The van der Waals surface area contributed by atoms with E-state index in [1.165, 1.54) is 12.8 Å². The topological polar surface area (TPSA) is 70.7 Å². The van der Waals surface area contributed by atoms with E-state index in [4.69, 9.17) is 4.74 Å². The highest BCUT2D eigenvalue weighted by molar-refractivity contribution is 6.05. The summed E-state index contributed by atoms with van der Waals surface area (Å²) in [5.74, 6) is 0.0917. The number of nitrogens with zero attached hydrogens (tertiary/aromatic N) is 1. The van der Waals surface area contributed by atoms with Gasteiger partial charge in [-0.2, -0.15) is 0 Å². The highest BCUT2D eigenvalue weighted by Crippen LogP contribution is 2.34. The van der Waals surface area contributed by atoms with Gasteiger partial charge in [0.15, 0.2) is 0 Å². The standard InChI is InChI=1S/C20H29N3O3.ClH/c1-3-4-11-26-18-8-6-5-7-17(18)19(24)22-20(25)21-14-12-15-9-10-16(13-14)23(15)2;/h5-8,14-16H,3-4,9-13H2,1-2H3,(H2,21,22,24,25);1H. The summed E-state index contributed by atoms with van der Waals surface area (Å²) in [6.07, 6.45) is 6.24. The molecule has 0 saturated carbocycles. The van der Waals surface area contributed by atoms with Crippen LogP contribution in [0.2, 0.25) is 0 Å². The first-order valence-corrected chi connectivity index (χ1v) is 9.64. The first-order valence-electron chi connectivity index (χ1n) is 9.64. The molecule has 0 aliphatic carbocycles. The number of carbonyl (C=O) groups excluding carboxylic acids is 2. The molecule has 150 valence electrons. The minimum absolute atomic E-state index is 0. The lowest BCUT2D eigenvalue weighted by molar-refractivity contribution is 0.0956. The molecule has 7 heteroatoms. The van der Waals surface area contributed by atoms with Crippen molar-refractivity contribution in [1.82, 2.24) is 15.5 Å². The van der Waals surface area contributed by atoms with Gasteiger partial charge in [-0.3, -0.25) is 10.1 Å². The summed E-state index contributed by atoms with van der Waals surface area (Å²) in [4.78, 5) is 27.2. The molecule has 1 aromatic rings. The van der Waals surface area contributed by atoms with Gasteiger partial charge >= 0.3 is 6.03 Å². The quantitative estimate of drug-likeness (QED) is 0.724. The third-order valence-corrected chi connectivity index (χ3v) is 5.55. The molecule has 2 N–H and O–H groups in total. The Balaban J connectivity index is 0.00000261. The van der Waals surface area contributed by atoms with Crippen LogP contribution in [0.3, 0.4) is 0 Å². The molecule has 6 nitrogen and oxygen atoms in total. The van der Waals surface area contributed by atoms with Crippen LogP contribution in [0, 0.1) is 0 Å². The van der Waals surface area contributed by atoms with E-state index in [1.807, 2.05) is 6.07 Å². The minimum atomic E-state index is -0.425. The molecule has 2 fully saturated rings. The molecule has 0 spiro atoms. The highest BCUT2D eigenvalue weighted by Gasteiger charge is 2.38. The molecule has 2 aliphatic heterocycles. The second-order valence-corrected chi connectivity index (χ2v) is 7.34. The van der Waals surface area contributed by atoms with Gasteiger partial charge in [-0.05, 0) is 51.3 Å². The second-order valence-electron chi connectivity index (χ2n) is 7.34. The summed E-state index contributed by atoms with van der Waals surface area (Å²) in [6, 6.07) is 7.84. The number of piperidine rings is 1. The zero-order chi connectivity index (χ0) is 18.5. The number of benzene rings is 1. The van der Waals surface area contributed by atoms with E-state index in [2.05, 4.69) is 29.5 Å². The van der Waals surface area contributed by atoms with Gasteiger partial charge in [0.2, 0.25) is 0 Å². The molecule has 0 aromatic heterocycles. The predicted molar refractivity (Wildman–Crippen MR) is 108 cm³/mol. The van der Waals surface area contributed by atoms with Crippen LogP contribution in [-0.4, -0.2) is 48.6 Å². The number of imide groups is 1. The molecule has 2 atom stereocenters. The number of carbonyl (C=O) groups is 2. The van der Waals surface area contributed by atoms with Gasteiger partial charge in [0.1, 0.15) is 5.75 Å². The summed E-state index contributed by atoms with van der Waals surface area (Å²) < 4.78 is 5.68. The summed E-state index contributed by atoms with van der Waals surface area (Å²) in [5, 5.41) is 5.43. The highest BCUT2D eigenvalue weighted by atomic mass is 35.5. The Bertz CT molecular complexity index is 641. The molecule has 27 heavy (non-hydrogen) atoms. The molecule has 3 rings (SSSR count). The average Bonchev–Trinajstić information content (AvgIpc) is 2.83. The third-order valence-electron chi connectivity index (χ3n) is 5.55. The molecule has 0 radical (unpaired) electrons. The van der Waals surface area contributed by atoms with Crippen LogP contribution < -0.4 is 15.4 Å². The lowest BCUT2D eigenvalue weighted by atomic mass is 9.98. The Morgan fingerprint density at radius 1 is 1.19 bits per heavy atom. The van der Waals surface area contributed by atoms with Crippen molar-refractivity contribution in [2.24, 2.45) is 0 Å². The van der Waals surface area contributed by atoms with Crippen LogP contribution in [-0.2, 0) is 0 Å². The van der Waals surface area contributed by atoms with Crippen LogP contribution in [0.25, 0.3) is 0 Å². The lowest BCUT2D eigenvalue weighted by Crippen LogP contribution is -2.51. The number of amides is 3. The van der Waals surface area contributed by atoms with Crippen molar-refractivity contribution >= 4 is 24.3 Å². The number of fused-ring (bicyclic) bond motifs is 2. The van der Waals surface area contributed by atoms with Crippen molar-refractivity contribution < 1.29 is 14.3 Å². The maximum absolute atomic E-state index is 12.5. The lowest BCUT2D eigenvalue weighted by Gasteiger charge is -2.36. The van der Waals surface area contributed by atoms with Crippen molar-refractivity contribution in [3.05, 3.63) is 29.8 Å². The number of nitrogens with one attached hydrogen (secondary N) is 2. The number of halogens is 1. The fraction of sp³-hybridized carbons (Fsp3) is 0.600. The first kappa shape index (κ1) is 21.5. The number of hydrogen-bond donors (Lipinski definition) is 2. The van der Waals surface area contributed by atoms with Crippen molar-refractivity contribution in [2.45, 2.75) is 63.6 Å². The minimum Gasteiger partial charge on any atom is -0.493 e. The number of urea groups is 1. The van der Waals surface area contributed by atoms with Gasteiger partial charge in [-0.1, -0.05) is 25.5 Å². The van der Waals surface area contributed by atoms with Crippen LogP contribution >= 0.6 is 12.4 Å². The average molecular weight is 396 g/mol. The Labute approximate surface area is 167 Å². The molecule has 2 aliphatic rings. The first-order chi connectivity index (χ1) is 12.6. The molecule has 1 aromatic carbocycles. The van der Waals surface area contributed by atoms with E-state index < -0.39 is 11.9 Å². The molecular formula is C20H30ClN3O3. The zero-order valence-corrected chi connectivity index (χ0v) is 16.9. The maximum Gasteiger partial charge on any atom is 0.321 e. The van der Waals surface area contributed by atoms with Crippen LogP contribution in [0.15, 0.2) is 24.3 Å². The smallest absolute Gasteiger partial charge is 0.321 e. The SMILES string of the molecule is CCCCOc1ccccc1C(=O)NC(=O)NC1CC2CCC(C1)N2C.Cl. The predicted octanol–water partition coefficient (Wildman–Crippen LogP) is 3.35. The molecular weight excluding hydrogens is 366 g/mol. The third kappa shape index (κ3) is 5.36. The number of rotatable bonds is 6. The largest absolute Gasteiger partial charge is 0.493 e. The summed E-state index contributed by atoms with van der Waals surface area (Å²) in [5.41, 5.74) is 0.391. The van der Waals surface area contributed by atoms with Crippen molar-refractivity contribution in [3.8, 4) is 5.75 Å². The summed E-state index contributed by atoms with van der Waals surface area (Å²) in [6.45, 7) is 2.65. The summed E-state index contributed by atoms with van der Waals surface area (Å²) >= 11 is 0. The van der Waals surface area contributed by atoms with Gasteiger partial charge in [0.05, 0.1) is 12.2 Å². The van der Waals surface area contributed by atoms with E-state index >= 15 is 0 Å². The Morgan fingerprint density at radius 3 is 2.52 bits per heavy atom. The number of ether oxygens (including phenoxy) is 1. The molecule has 2 heterocycles. The normalized spacial score (nSPS) is 24.0. The number of para-hydroxylation sites is 1. The maximum atomic E-state index is 12.5. The van der Waals surface area contributed by atoms with Gasteiger partial charge < -0.3 is 15.0 Å². The van der Waals surface area contributed by atoms with E-state index in [0.717, 1.165) is 25.7 Å². The molecule has 2 saturated heterocycles. The Hall–Kier alpha value is -1.79. The van der Waals surface area contributed by atoms with Crippen LogP contribution in [0.1, 0.15) is 55.8 Å². The Kier molecular flexibility index (Phi) is 7.92. The van der Waals surface area contributed by atoms with Crippen LogP contribution in [0.4, 0.5) is 4.79 Å². The van der Waals surface area contributed by atoms with Crippen molar-refractivity contribution in [2.75, 3.05) is 13.7 Å². The fourth-order valence-electron chi connectivity index (χ4n) is 4.03. The molecule has 2 bridgehead atoms. The van der Waals surface area contributed by atoms with E-state index in [-0.39, 0.29) is 18.4 Å².